The molecule has 0 aliphatic rings. The van der Waals surface area contributed by atoms with Crippen molar-refractivity contribution in [2.75, 3.05) is 10.8 Å². The molecule has 0 fully saturated rings. The third kappa shape index (κ3) is 9.30. The molecule has 0 radical (unpaired) electrons. The lowest BCUT2D eigenvalue weighted by atomic mass is 10.0. The number of hydrogen-bond donors (Lipinski definition) is 1. The summed E-state index contributed by atoms with van der Waals surface area (Å²) in [5.41, 5.74) is -0.392. The quantitative estimate of drug-likeness (QED) is 0.153. The normalized spacial score (nSPS) is 13.0. The van der Waals surface area contributed by atoms with Crippen LogP contribution in [-0.4, -0.2) is 43.8 Å². The summed E-state index contributed by atoms with van der Waals surface area (Å²) in [5.74, 6) is -1.33. The predicted molar refractivity (Wildman–Crippen MR) is 181 cm³/mol. The van der Waals surface area contributed by atoms with Crippen molar-refractivity contribution in [3.05, 3.63) is 130 Å². The zero-order chi connectivity index (χ0) is 35.1. The number of nitrogens with one attached hydrogen (secondary N) is 1. The minimum absolute atomic E-state index is 0.0676. The van der Waals surface area contributed by atoms with Crippen LogP contribution < -0.4 is 9.62 Å². The molecule has 0 aliphatic heterocycles. The Kier molecular flexibility index (Phi) is 12.2. The molecule has 0 aliphatic carbocycles. The highest BCUT2D eigenvalue weighted by atomic mass is 35.5. The summed E-state index contributed by atoms with van der Waals surface area (Å²) in [4.78, 5) is 29.4. The van der Waals surface area contributed by atoms with Crippen LogP contribution >= 0.6 is 23.2 Å². The highest BCUT2D eigenvalue weighted by Gasteiger charge is 2.37. The van der Waals surface area contributed by atoms with Crippen molar-refractivity contribution in [3.63, 3.8) is 0 Å². The second-order valence-electron chi connectivity index (χ2n) is 11.2. The maximum atomic E-state index is 14.5. The van der Waals surface area contributed by atoms with Crippen molar-refractivity contribution in [1.82, 2.24) is 10.2 Å². The van der Waals surface area contributed by atoms with E-state index in [1.54, 1.807) is 60.7 Å². The Morgan fingerprint density at radius 3 is 2.04 bits per heavy atom. The Balaban J connectivity index is 1.87. The van der Waals surface area contributed by atoms with Gasteiger partial charge in [0, 0.05) is 24.0 Å². The second-order valence-corrected chi connectivity index (χ2v) is 13.9. The van der Waals surface area contributed by atoms with Crippen LogP contribution in [-0.2, 0) is 38.8 Å². The lowest BCUT2D eigenvalue weighted by Gasteiger charge is -2.34. The molecule has 254 valence electrons. The lowest BCUT2D eigenvalue weighted by Crippen LogP contribution is -2.54. The fourth-order valence-electron chi connectivity index (χ4n) is 4.89. The Labute approximate surface area is 288 Å². The summed E-state index contributed by atoms with van der Waals surface area (Å²) in [5, 5.41) is 3.03. The number of halogens is 5. The van der Waals surface area contributed by atoms with Crippen molar-refractivity contribution in [2.45, 2.75) is 56.4 Å². The van der Waals surface area contributed by atoms with Crippen LogP contribution in [0.15, 0.2) is 108 Å². The summed E-state index contributed by atoms with van der Waals surface area (Å²) in [7, 11) is -4.66. The van der Waals surface area contributed by atoms with E-state index in [-0.39, 0.29) is 28.9 Å². The number of rotatable bonds is 13. The summed E-state index contributed by atoms with van der Waals surface area (Å²) in [6, 6.07) is 23.4. The largest absolute Gasteiger partial charge is 0.416 e. The Morgan fingerprint density at radius 1 is 0.854 bits per heavy atom. The van der Waals surface area contributed by atoms with Gasteiger partial charge in [-0.2, -0.15) is 13.2 Å². The number of sulfonamides is 1. The van der Waals surface area contributed by atoms with Gasteiger partial charge in [-0.1, -0.05) is 90.8 Å². The fraction of sp³-hybridized carbons (Fsp3) is 0.257. The number of carbonyl (C=O) groups excluding carboxylic acids is 2. The third-order valence-corrected chi connectivity index (χ3v) is 10.0. The number of hydrogen-bond acceptors (Lipinski definition) is 4. The number of carbonyl (C=O) groups is 2. The van der Waals surface area contributed by atoms with Crippen molar-refractivity contribution in [1.29, 1.82) is 0 Å². The van der Waals surface area contributed by atoms with Gasteiger partial charge in [-0.15, -0.1) is 0 Å². The molecule has 0 saturated carbocycles. The Bertz CT molecular complexity index is 1810. The van der Waals surface area contributed by atoms with Crippen LogP contribution in [0.4, 0.5) is 18.9 Å². The SMILES string of the molecule is CC[C@@H](C)NC(=O)[C@@H](Cc1ccccc1)N(Cc1ccc(Cl)cc1)C(=O)CN(c1cc(C(F)(F)F)ccc1Cl)S(=O)(=O)c1ccccc1. The fourth-order valence-corrected chi connectivity index (χ4v) is 6.74. The van der Waals surface area contributed by atoms with Gasteiger partial charge in [-0.3, -0.25) is 13.9 Å². The molecule has 2 atom stereocenters. The van der Waals surface area contributed by atoms with E-state index in [1.807, 2.05) is 13.8 Å². The number of alkyl halides is 3. The van der Waals surface area contributed by atoms with E-state index >= 15 is 0 Å². The van der Waals surface area contributed by atoms with E-state index in [2.05, 4.69) is 5.32 Å². The molecule has 0 unspecified atom stereocenters. The van der Waals surface area contributed by atoms with E-state index < -0.39 is 51.9 Å². The summed E-state index contributed by atoms with van der Waals surface area (Å²) >= 11 is 12.5. The van der Waals surface area contributed by atoms with Gasteiger partial charge in [0.25, 0.3) is 10.0 Å². The average Bonchev–Trinajstić information content (AvgIpc) is 3.06. The highest BCUT2D eigenvalue weighted by Crippen LogP contribution is 2.37. The van der Waals surface area contributed by atoms with E-state index in [9.17, 15) is 31.2 Å². The van der Waals surface area contributed by atoms with Gasteiger partial charge in [-0.25, -0.2) is 8.42 Å². The molecular formula is C35H34Cl2F3N3O4S. The summed E-state index contributed by atoms with van der Waals surface area (Å²) < 4.78 is 70.3. The first-order chi connectivity index (χ1) is 22.7. The molecule has 4 rings (SSSR count). The molecule has 7 nitrogen and oxygen atoms in total. The monoisotopic (exact) mass is 719 g/mol. The molecular weight excluding hydrogens is 686 g/mol. The van der Waals surface area contributed by atoms with Gasteiger partial charge in [0.1, 0.15) is 12.6 Å². The van der Waals surface area contributed by atoms with Crippen molar-refractivity contribution in [3.8, 4) is 0 Å². The van der Waals surface area contributed by atoms with Crippen molar-refractivity contribution >= 4 is 50.7 Å². The molecule has 0 spiro atoms. The summed E-state index contributed by atoms with van der Waals surface area (Å²) in [6.45, 7) is 2.59. The lowest BCUT2D eigenvalue weighted by molar-refractivity contribution is -0.140. The van der Waals surface area contributed by atoms with Crippen LogP contribution in [0.25, 0.3) is 0 Å². The van der Waals surface area contributed by atoms with Crippen LogP contribution in [0.2, 0.25) is 10.0 Å². The Hall–Kier alpha value is -4.06. The third-order valence-electron chi connectivity index (χ3n) is 7.69. The van der Waals surface area contributed by atoms with Gasteiger partial charge >= 0.3 is 6.18 Å². The number of anilines is 1. The molecule has 2 amide bonds. The van der Waals surface area contributed by atoms with E-state index in [0.29, 0.717) is 27.4 Å². The molecule has 0 aromatic heterocycles. The number of nitrogens with zero attached hydrogens (tertiary/aromatic N) is 2. The van der Waals surface area contributed by atoms with Gasteiger partial charge in [0.15, 0.2) is 0 Å². The molecule has 0 bridgehead atoms. The molecule has 13 heteroatoms. The minimum Gasteiger partial charge on any atom is -0.352 e. The molecule has 0 heterocycles. The average molecular weight is 721 g/mol. The maximum absolute atomic E-state index is 14.5. The zero-order valence-corrected chi connectivity index (χ0v) is 28.5. The van der Waals surface area contributed by atoms with Crippen molar-refractivity contribution < 1.29 is 31.2 Å². The van der Waals surface area contributed by atoms with Gasteiger partial charge in [-0.05, 0) is 66.9 Å². The minimum atomic E-state index is -4.83. The first kappa shape index (κ1) is 36.8. The van der Waals surface area contributed by atoms with Gasteiger partial charge < -0.3 is 10.2 Å². The predicted octanol–water partition coefficient (Wildman–Crippen LogP) is 7.76. The molecule has 1 N–H and O–H groups in total. The first-order valence-electron chi connectivity index (χ1n) is 15.0. The smallest absolute Gasteiger partial charge is 0.352 e. The van der Waals surface area contributed by atoms with E-state index in [0.717, 1.165) is 17.7 Å². The molecule has 4 aromatic rings. The van der Waals surface area contributed by atoms with E-state index in [4.69, 9.17) is 23.2 Å². The van der Waals surface area contributed by atoms with Gasteiger partial charge in [0.2, 0.25) is 11.8 Å². The van der Waals surface area contributed by atoms with E-state index in [1.165, 1.54) is 29.2 Å². The maximum Gasteiger partial charge on any atom is 0.416 e. The molecule has 4 aromatic carbocycles. The van der Waals surface area contributed by atoms with Crippen LogP contribution in [0.3, 0.4) is 0 Å². The van der Waals surface area contributed by atoms with Crippen LogP contribution in [0.1, 0.15) is 37.0 Å². The molecule has 0 saturated heterocycles. The van der Waals surface area contributed by atoms with Gasteiger partial charge in [0.05, 0.1) is 21.2 Å². The van der Waals surface area contributed by atoms with Crippen LogP contribution in [0.5, 0.6) is 0 Å². The van der Waals surface area contributed by atoms with Crippen LogP contribution in [0, 0.1) is 0 Å². The standard InChI is InChI=1S/C35H34Cl2F3N3O4S/c1-3-24(2)41-34(45)32(20-25-10-6-4-7-11-25)42(22-26-14-17-28(36)18-15-26)33(44)23-43(48(46,47)29-12-8-5-9-13-29)31-21-27(35(38,39)40)16-19-30(31)37/h4-19,21,24,32H,3,20,22-23H2,1-2H3,(H,41,45)/t24-,32-/m1/s1. The number of benzene rings is 4. The highest BCUT2D eigenvalue weighted by molar-refractivity contribution is 7.92. The Morgan fingerprint density at radius 2 is 1.46 bits per heavy atom. The summed E-state index contributed by atoms with van der Waals surface area (Å²) in [6.07, 6.45) is -4.16. The zero-order valence-electron chi connectivity index (χ0n) is 26.1. The van der Waals surface area contributed by atoms with Crippen molar-refractivity contribution in [2.24, 2.45) is 0 Å². The number of amides is 2. The topological polar surface area (TPSA) is 86.8 Å². The first-order valence-corrected chi connectivity index (χ1v) is 17.2. The second kappa shape index (κ2) is 15.9. The molecule has 48 heavy (non-hydrogen) atoms.